The maximum absolute atomic E-state index is 14.8. The van der Waals surface area contributed by atoms with Crippen LogP contribution in [0.5, 0.6) is 0 Å². The molecule has 2 aliphatic heterocycles. The molecule has 22 nitrogen and oxygen atoms in total. The summed E-state index contributed by atoms with van der Waals surface area (Å²) in [4.78, 5) is 138. The number of hydrogen-bond acceptors (Lipinski definition) is 14. The van der Waals surface area contributed by atoms with E-state index in [4.69, 9.17) is 27.4 Å². The van der Waals surface area contributed by atoms with Crippen molar-refractivity contribution in [1.29, 1.82) is 0 Å². The van der Waals surface area contributed by atoms with E-state index in [1.807, 2.05) is 69.9 Å². The Morgan fingerprint density at radius 2 is 1.47 bits per heavy atom. The third kappa shape index (κ3) is 24.2. The van der Waals surface area contributed by atoms with Crippen molar-refractivity contribution in [3.8, 4) is 0 Å². The second kappa shape index (κ2) is 38.1. The van der Waals surface area contributed by atoms with Gasteiger partial charge in [-0.2, -0.15) is 0 Å². The van der Waals surface area contributed by atoms with E-state index in [2.05, 4.69) is 33.2 Å². The maximum Gasteiger partial charge on any atom is 0.312 e. The van der Waals surface area contributed by atoms with Crippen LogP contribution in [0, 0.1) is 35.5 Å². The number of methoxy groups -OCH3 is 2. The predicted octanol–water partition coefficient (Wildman–Crippen LogP) is 7.85. The molecular formula is C70H105N9O13S. The molecule has 9 amide bonds. The SMILES string of the molecule is C=C(O)[C@H](Cc1ccccc1)NC(=S)[C@H](C)[C@@H](OC)[C@@H]1CCCN1C(=O)C[C@@H](OC)[C@H]([C@@H](C)CC)N(C)C(=O)[C@@H](CC(=O)C(C)(C)NC(=O)CCc1ccc(NC(=O)[C@H](CCCNC(N)=O)CC(=O)[C@@H](NC(=O)CCCCCN2C(=O)C=CC2=O)C(C)C)cc1)C(C)C. The molecule has 0 radical (unpaired) electrons. The Balaban J connectivity index is 1.34. The number of aliphatic hydroxyl groups is 1. The van der Waals surface area contributed by atoms with Gasteiger partial charge in [0.05, 0.1) is 53.3 Å². The van der Waals surface area contributed by atoms with Crippen LogP contribution in [0.2, 0.25) is 0 Å². The molecule has 2 aliphatic rings. The van der Waals surface area contributed by atoms with Crippen molar-refractivity contribution >= 4 is 81.8 Å². The lowest BCUT2D eigenvalue weighted by molar-refractivity contribution is -0.148. The Labute approximate surface area is 556 Å². The molecule has 2 aromatic rings. The Morgan fingerprint density at radius 1 is 0.817 bits per heavy atom. The predicted molar refractivity (Wildman–Crippen MR) is 362 cm³/mol. The largest absolute Gasteiger partial charge is 0.511 e. The summed E-state index contributed by atoms with van der Waals surface area (Å²) in [7, 11) is 4.85. The minimum atomic E-state index is -1.34. The van der Waals surface area contributed by atoms with E-state index in [0.29, 0.717) is 68.6 Å². The zero-order valence-electron chi connectivity index (χ0n) is 56.9. The van der Waals surface area contributed by atoms with Gasteiger partial charge in [-0.05, 0) is 106 Å². The molecule has 8 N–H and O–H groups in total. The lowest BCUT2D eigenvalue weighted by atomic mass is 9.82. The molecule has 2 aromatic carbocycles. The standard InChI is InChI=1S/C70H105N9O13S/c1-14-45(6)64(56(91-12)42-62(87)78-38-22-26-54(78)65(92-13)46(7)67(93)74-53(47(8)80)39-49-23-17-15-18-24-49)77(11)68(89)52(43(2)3)41-57(82)70(9,10)76-59(84)33-30-48-28-31-51(32-29-48)73-66(88)50(25-21-36-72-69(71)90)40-55(81)63(44(4)5)75-58(83)27-19-16-20-37-79-60(85)34-35-61(79)86/h15,17-18,23-24,28-29,31-32,34-35,43-46,50,52-54,56,63-65,80H,8,14,16,19-22,25-27,30,33,36-42H2,1-7,9-13H3,(H,73,88)(H,74,93)(H,75,83)(H,76,84)(H3,71,72,90)/t45-,46+,50+,52-,53-,54-,56+,63-,64-,65+/m0/s1. The van der Waals surface area contributed by atoms with E-state index in [1.54, 1.807) is 78.1 Å². The number of ketones is 2. The Hall–Kier alpha value is -7.37. The number of hydrogen-bond donors (Lipinski definition) is 7. The highest BCUT2D eigenvalue weighted by atomic mass is 32.1. The van der Waals surface area contributed by atoms with Gasteiger partial charge in [-0.15, -0.1) is 0 Å². The van der Waals surface area contributed by atoms with Gasteiger partial charge in [0.1, 0.15) is 5.76 Å². The molecule has 0 aromatic heterocycles. The van der Waals surface area contributed by atoms with Crippen molar-refractivity contribution in [3.05, 3.63) is 90.2 Å². The second-order valence-electron chi connectivity index (χ2n) is 26.2. The summed E-state index contributed by atoms with van der Waals surface area (Å²) in [5.74, 6) is -5.64. The van der Waals surface area contributed by atoms with E-state index in [0.717, 1.165) is 22.4 Å². The summed E-state index contributed by atoms with van der Waals surface area (Å²) in [5.41, 5.74) is 6.12. The summed E-state index contributed by atoms with van der Waals surface area (Å²) in [6, 6.07) is 13.6. The van der Waals surface area contributed by atoms with Crippen molar-refractivity contribution in [2.75, 3.05) is 46.2 Å². The Kier molecular flexibility index (Phi) is 32.0. The first-order chi connectivity index (χ1) is 43.9. The van der Waals surface area contributed by atoms with Crippen molar-refractivity contribution in [1.82, 2.24) is 36.0 Å². The Morgan fingerprint density at radius 3 is 2.05 bits per heavy atom. The number of aryl methyl sites for hydroxylation is 1. The smallest absolute Gasteiger partial charge is 0.312 e. The molecule has 0 spiro atoms. The first kappa shape index (κ1) is 78.1. The monoisotopic (exact) mass is 1310 g/mol. The minimum absolute atomic E-state index is 0.0177. The van der Waals surface area contributed by atoms with Gasteiger partial charge in [0.25, 0.3) is 11.8 Å². The number of ether oxygens (including phenoxy) is 2. The summed E-state index contributed by atoms with van der Waals surface area (Å²) in [5, 5.41) is 24.9. The van der Waals surface area contributed by atoms with Crippen LogP contribution in [0.3, 0.4) is 0 Å². The molecule has 93 heavy (non-hydrogen) atoms. The van der Waals surface area contributed by atoms with Gasteiger partial charge in [-0.1, -0.05) is 123 Å². The van der Waals surface area contributed by atoms with E-state index < -0.39 is 59.6 Å². The van der Waals surface area contributed by atoms with Crippen LogP contribution in [0.4, 0.5) is 10.5 Å². The number of imide groups is 1. The van der Waals surface area contributed by atoms with Crippen LogP contribution in [0.25, 0.3) is 0 Å². The molecule has 514 valence electrons. The lowest BCUT2D eigenvalue weighted by Crippen LogP contribution is -2.55. The number of urea groups is 1. The summed E-state index contributed by atoms with van der Waals surface area (Å²) in [6.45, 7) is 21.3. The number of primary amides is 1. The van der Waals surface area contributed by atoms with Crippen LogP contribution in [0.1, 0.15) is 157 Å². The van der Waals surface area contributed by atoms with Gasteiger partial charge in [0.2, 0.25) is 29.5 Å². The number of nitrogens with one attached hydrogen (secondary N) is 5. The number of nitrogens with zero attached hydrogens (tertiary/aromatic N) is 3. The van der Waals surface area contributed by atoms with Crippen LogP contribution >= 0.6 is 12.2 Å². The molecule has 1 saturated heterocycles. The topological polar surface area (TPSA) is 305 Å². The van der Waals surface area contributed by atoms with Gasteiger partial charge < -0.3 is 56.7 Å². The minimum Gasteiger partial charge on any atom is -0.511 e. The normalized spacial score (nSPS) is 16.9. The number of likely N-dealkylation sites (tertiary alicyclic amines) is 1. The fourth-order valence-corrected chi connectivity index (χ4v) is 12.6. The lowest BCUT2D eigenvalue weighted by Gasteiger charge is -2.41. The van der Waals surface area contributed by atoms with Crippen molar-refractivity contribution < 1.29 is 62.5 Å². The average molecular weight is 1310 g/mol. The van der Waals surface area contributed by atoms with Gasteiger partial charge in [-0.25, -0.2) is 4.79 Å². The first-order valence-corrected chi connectivity index (χ1v) is 33.3. The molecule has 23 heteroatoms. The second-order valence-corrected chi connectivity index (χ2v) is 26.7. The van der Waals surface area contributed by atoms with Crippen LogP contribution < -0.4 is 32.3 Å². The average Bonchev–Trinajstić information content (AvgIpc) is 1.84. The number of aliphatic hydroxyl groups excluding tert-OH is 1. The molecule has 0 unspecified atom stereocenters. The number of likely N-dealkylation sites (N-methyl/N-ethyl adjacent to an activating group) is 1. The summed E-state index contributed by atoms with van der Waals surface area (Å²) < 4.78 is 12.2. The fraction of sp³-hybridized carbons (Fsp3) is 0.614. The first-order valence-electron chi connectivity index (χ1n) is 32.9. The third-order valence-electron chi connectivity index (χ3n) is 18.2. The van der Waals surface area contributed by atoms with Crippen LogP contribution in [0.15, 0.2) is 79.1 Å². The number of anilines is 1. The number of amides is 9. The highest BCUT2D eigenvalue weighted by Crippen LogP contribution is 2.32. The number of rotatable bonds is 41. The zero-order valence-corrected chi connectivity index (χ0v) is 57.7. The zero-order chi connectivity index (χ0) is 69.3. The number of thiocarbonyl (C=S) groups is 1. The van der Waals surface area contributed by atoms with E-state index >= 15 is 0 Å². The van der Waals surface area contributed by atoms with Crippen molar-refractivity contribution in [2.45, 2.75) is 201 Å². The molecule has 10 atom stereocenters. The third-order valence-corrected chi connectivity index (χ3v) is 18.7. The number of Topliss-reactive ketones (excluding diaryl/α,β-unsaturated/α-hetero) is 2. The molecule has 0 bridgehead atoms. The van der Waals surface area contributed by atoms with Gasteiger partial charge >= 0.3 is 6.03 Å². The molecule has 0 aliphatic carbocycles. The van der Waals surface area contributed by atoms with Gasteiger partial charge in [-0.3, -0.25) is 48.1 Å². The maximum atomic E-state index is 14.8. The van der Waals surface area contributed by atoms with Crippen LogP contribution in [-0.2, 0) is 65.5 Å². The summed E-state index contributed by atoms with van der Waals surface area (Å²) >= 11 is 5.91. The fourth-order valence-electron chi connectivity index (χ4n) is 12.3. The number of carbonyl (C=O) groups excluding carboxylic acids is 10. The highest BCUT2D eigenvalue weighted by molar-refractivity contribution is 7.80. The number of unbranched alkanes of at least 4 members (excludes halogenated alkanes) is 2. The van der Waals surface area contributed by atoms with E-state index in [9.17, 15) is 53.1 Å². The Bertz CT molecular complexity index is 2900. The van der Waals surface area contributed by atoms with Gasteiger partial charge in [0, 0.05) is 102 Å². The molecule has 1 fully saturated rings. The van der Waals surface area contributed by atoms with Gasteiger partial charge in [0.15, 0.2) is 11.6 Å². The number of nitrogens with two attached hydrogens (primary N) is 1. The van der Waals surface area contributed by atoms with Crippen LogP contribution in [-0.4, -0.2) is 167 Å². The highest BCUT2D eigenvalue weighted by Gasteiger charge is 2.44. The quantitative estimate of drug-likeness (QED) is 0.0144. The van der Waals surface area contributed by atoms with E-state index in [-0.39, 0.29) is 134 Å². The molecule has 0 saturated carbocycles. The van der Waals surface area contributed by atoms with Crippen molar-refractivity contribution in [3.63, 3.8) is 0 Å². The molecule has 2 heterocycles. The number of carbonyl (C=O) groups is 10. The molecule has 4 rings (SSSR count). The van der Waals surface area contributed by atoms with Crippen molar-refractivity contribution in [2.24, 2.45) is 41.2 Å². The molecular weight excluding hydrogens is 1210 g/mol. The number of benzene rings is 2. The van der Waals surface area contributed by atoms with E-state index in [1.165, 1.54) is 12.2 Å². The summed E-state index contributed by atoms with van der Waals surface area (Å²) in [6.07, 6.45) is 6.07.